The second-order valence-electron chi connectivity index (χ2n) is 9.66. The van der Waals surface area contributed by atoms with Crippen molar-refractivity contribution in [3.8, 4) is 0 Å². The van der Waals surface area contributed by atoms with Crippen LogP contribution in [0.3, 0.4) is 0 Å². The van der Waals surface area contributed by atoms with Crippen molar-refractivity contribution in [3.05, 3.63) is 60.5 Å². The molecule has 2 saturated heterocycles. The largest absolute Gasteiger partial charge is 0.444 e. The smallest absolute Gasteiger partial charge is 0.410 e. The first kappa shape index (κ1) is 23.0. The number of rotatable bonds is 5. The van der Waals surface area contributed by atoms with Crippen LogP contribution in [-0.4, -0.2) is 46.5 Å². The molecule has 0 saturated carbocycles. The van der Waals surface area contributed by atoms with Crippen molar-refractivity contribution in [2.24, 2.45) is 5.41 Å². The third-order valence-electron chi connectivity index (χ3n) is 6.25. The molecule has 5 nitrogen and oxygen atoms in total. The minimum atomic E-state index is -0.641. The predicted molar refractivity (Wildman–Crippen MR) is 119 cm³/mol. The van der Waals surface area contributed by atoms with Gasteiger partial charge in [-0.05, 0) is 70.2 Å². The molecule has 3 rings (SSSR count). The van der Waals surface area contributed by atoms with Crippen LogP contribution in [-0.2, 0) is 9.53 Å². The number of fused-ring (bicyclic) bond motifs is 1. The average molecular weight is 429 g/mol. The van der Waals surface area contributed by atoms with Gasteiger partial charge in [0.15, 0.2) is 0 Å². The molecule has 168 valence electrons. The molecule has 0 radical (unpaired) electrons. The van der Waals surface area contributed by atoms with Crippen molar-refractivity contribution in [2.45, 2.75) is 64.6 Å². The maximum Gasteiger partial charge on any atom is 0.410 e. The summed E-state index contributed by atoms with van der Waals surface area (Å²) in [4.78, 5) is 30.2. The zero-order valence-corrected chi connectivity index (χ0v) is 19.0. The fourth-order valence-corrected chi connectivity index (χ4v) is 5.01. The second-order valence-corrected chi connectivity index (χ2v) is 9.66. The predicted octanol–water partition coefficient (Wildman–Crippen LogP) is 5.17. The standard InChI is InChI=1S/C25H33FN2O3/c1-7-11-25(12-8-2)16-20-21(19-10-9-18(26)15-17(19)3)28(14-13-27(20)22(25)29)23(30)31-24(4,5)6/h7-10,15,20-21H,1-2,11-14,16H2,3-6H3. The highest BCUT2D eigenvalue weighted by Crippen LogP contribution is 2.49. The van der Waals surface area contributed by atoms with Gasteiger partial charge < -0.3 is 9.64 Å². The van der Waals surface area contributed by atoms with E-state index in [1.54, 1.807) is 23.1 Å². The molecule has 0 bridgehead atoms. The summed E-state index contributed by atoms with van der Waals surface area (Å²) >= 11 is 0. The van der Waals surface area contributed by atoms with Gasteiger partial charge in [0, 0.05) is 13.1 Å². The van der Waals surface area contributed by atoms with Gasteiger partial charge in [-0.3, -0.25) is 9.69 Å². The number of allylic oxidation sites excluding steroid dienone is 2. The van der Waals surface area contributed by atoms with Crippen LogP contribution in [0.25, 0.3) is 0 Å². The lowest BCUT2D eigenvalue weighted by atomic mass is 9.76. The number of piperazine rings is 1. The second kappa shape index (κ2) is 8.48. The van der Waals surface area contributed by atoms with Gasteiger partial charge >= 0.3 is 6.09 Å². The average Bonchev–Trinajstić information content (AvgIpc) is 2.93. The minimum absolute atomic E-state index is 0.0749. The van der Waals surface area contributed by atoms with Crippen LogP contribution >= 0.6 is 0 Å². The molecule has 2 fully saturated rings. The van der Waals surface area contributed by atoms with E-state index in [1.165, 1.54) is 12.1 Å². The van der Waals surface area contributed by atoms with Gasteiger partial charge in [0.2, 0.25) is 5.91 Å². The van der Waals surface area contributed by atoms with Gasteiger partial charge in [0.25, 0.3) is 0 Å². The number of benzene rings is 1. The molecule has 1 aromatic rings. The van der Waals surface area contributed by atoms with Crippen molar-refractivity contribution >= 4 is 12.0 Å². The number of nitrogens with zero attached hydrogens (tertiary/aromatic N) is 2. The van der Waals surface area contributed by atoms with Crippen molar-refractivity contribution in [1.82, 2.24) is 9.80 Å². The molecule has 0 aromatic heterocycles. The van der Waals surface area contributed by atoms with Gasteiger partial charge in [-0.15, -0.1) is 13.2 Å². The van der Waals surface area contributed by atoms with Gasteiger partial charge in [-0.25, -0.2) is 9.18 Å². The van der Waals surface area contributed by atoms with E-state index >= 15 is 0 Å². The van der Waals surface area contributed by atoms with E-state index in [-0.39, 0.29) is 17.8 Å². The molecule has 6 heteroatoms. The lowest BCUT2D eigenvalue weighted by Gasteiger charge is -2.45. The van der Waals surface area contributed by atoms with Crippen LogP contribution in [0.4, 0.5) is 9.18 Å². The highest BCUT2D eigenvalue weighted by molar-refractivity contribution is 5.86. The number of hydrogen-bond donors (Lipinski definition) is 0. The summed E-state index contributed by atoms with van der Waals surface area (Å²) < 4.78 is 19.5. The van der Waals surface area contributed by atoms with E-state index in [9.17, 15) is 14.0 Å². The van der Waals surface area contributed by atoms with Gasteiger partial charge in [-0.2, -0.15) is 0 Å². The Morgan fingerprint density at radius 3 is 2.45 bits per heavy atom. The summed E-state index contributed by atoms with van der Waals surface area (Å²) in [6.07, 6.45) is 4.81. The maximum atomic E-state index is 13.9. The van der Waals surface area contributed by atoms with E-state index in [0.717, 1.165) is 11.1 Å². The molecular weight excluding hydrogens is 395 g/mol. The molecule has 2 aliphatic rings. The van der Waals surface area contributed by atoms with E-state index in [4.69, 9.17) is 4.74 Å². The molecule has 2 aliphatic heterocycles. The Morgan fingerprint density at radius 1 is 1.26 bits per heavy atom. The summed E-state index contributed by atoms with van der Waals surface area (Å²) in [7, 11) is 0. The van der Waals surface area contributed by atoms with Gasteiger partial charge in [0.1, 0.15) is 11.4 Å². The van der Waals surface area contributed by atoms with Crippen LogP contribution in [0.15, 0.2) is 43.5 Å². The molecule has 2 amide bonds. The van der Waals surface area contributed by atoms with Crippen molar-refractivity contribution in [1.29, 1.82) is 0 Å². The summed E-state index contributed by atoms with van der Waals surface area (Å²) in [5, 5.41) is 0. The topological polar surface area (TPSA) is 49.9 Å². The Hall–Kier alpha value is -2.63. The van der Waals surface area contributed by atoms with Gasteiger partial charge in [-0.1, -0.05) is 18.2 Å². The normalized spacial score (nSPS) is 22.8. The number of hydrogen-bond acceptors (Lipinski definition) is 3. The minimum Gasteiger partial charge on any atom is -0.444 e. The number of aryl methyl sites for hydroxylation is 1. The van der Waals surface area contributed by atoms with E-state index in [2.05, 4.69) is 13.2 Å². The Bertz CT molecular complexity index is 879. The van der Waals surface area contributed by atoms with Crippen LogP contribution in [0, 0.1) is 18.2 Å². The third kappa shape index (κ3) is 4.39. The van der Waals surface area contributed by atoms with Crippen molar-refractivity contribution in [2.75, 3.05) is 13.1 Å². The molecule has 0 aliphatic carbocycles. The van der Waals surface area contributed by atoms with Crippen LogP contribution < -0.4 is 0 Å². The molecule has 2 heterocycles. The number of carbonyl (C=O) groups is 2. The SMILES string of the molecule is C=CCC1(CC=C)CC2C(c3ccc(F)cc3C)N(C(=O)OC(C)(C)C)CCN2C1=O. The first-order valence-corrected chi connectivity index (χ1v) is 10.8. The monoisotopic (exact) mass is 428 g/mol. The van der Waals surface area contributed by atoms with Crippen LogP contribution in [0.1, 0.15) is 57.2 Å². The first-order chi connectivity index (χ1) is 14.5. The number of carbonyl (C=O) groups excluding carboxylic acids is 2. The molecule has 1 aromatic carbocycles. The molecule has 0 N–H and O–H groups in total. The zero-order chi connectivity index (χ0) is 23.0. The Kier molecular flexibility index (Phi) is 6.30. The van der Waals surface area contributed by atoms with E-state index in [1.807, 2.05) is 32.6 Å². The number of ether oxygens (including phenoxy) is 1. The molecule has 0 spiro atoms. The molecule has 31 heavy (non-hydrogen) atoms. The Morgan fingerprint density at radius 2 is 1.90 bits per heavy atom. The highest BCUT2D eigenvalue weighted by atomic mass is 19.1. The molecule has 2 atom stereocenters. The highest BCUT2D eigenvalue weighted by Gasteiger charge is 2.56. The number of amides is 2. The maximum absolute atomic E-state index is 13.9. The van der Waals surface area contributed by atoms with E-state index in [0.29, 0.717) is 32.4 Å². The van der Waals surface area contributed by atoms with Crippen LogP contribution in [0.5, 0.6) is 0 Å². The van der Waals surface area contributed by atoms with E-state index < -0.39 is 23.2 Å². The van der Waals surface area contributed by atoms with Crippen molar-refractivity contribution < 1.29 is 18.7 Å². The molecule has 2 unspecified atom stereocenters. The zero-order valence-electron chi connectivity index (χ0n) is 19.0. The fourth-order valence-electron chi connectivity index (χ4n) is 5.01. The fraction of sp³-hybridized carbons (Fsp3) is 0.520. The van der Waals surface area contributed by atoms with Crippen LogP contribution in [0.2, 0.25) is 0 Å². The summed E-state index contributed by atoms with van der Waals surface area (Å²) in [5.74, 6) is -0.251. The summed E-state index contributed by atoms with van der Waals surface area (Å²) in [6.45, 7) is 15.8. The molecular formula is C25H33FN2O3. The lowest BCUT2D eigenvalue weighted by Crippen LogP contribution is -2.56. The summed E-state index contributed by atoms with van der Waals surface area (Å²) in [6, 6.07) is 3.97. The number of halogens is 1. The quantitative estimate of drug-likeness (QED) is 0.608. The lowest BCUT2D eigenvalue weighted by molar-refractivity contribution is -0.139. The summed E-state index contributed by atoms with van der Waals surface area (Å²) in [5.41, 5.74) is 0.336. The van der Waals surface area contributed by atoms with Gasteiger partial charge in [0.05, 0.1) is 17.5 Å². The third-order valence-corrected chi connectivity index (χ3v) is 6.25. The Labute approximate surface area is 184 Å². The Balaban J connectivity index is 2.07. The first-order valence-electron chi connectivity index (χ1n) is 10.8. The van der Waals surface area contributed by atoms with Crippen molar-refractivity contribution in [3.63, 3.8) is 0 Å².